The highest BCUT2D eigenvalue weighted by Gasteiger charge is 2.23. The van der Waals surface area contributed by atoms with Gasteiger partial charge < -0.3 is 9.15 Å². The predicted octanol–water partition coefficient (Wildman–Crippen LogP) is 5.60. The Bertz CT molecular complexity index is 1140. The first-order chi connectivity index (χ1) is 14.3. The monoisotopic (exact) mass is 404 g/mol. The van der Waals surface area contributed by atoms with E-state index in [9.17, 15) is 4.79 Å². The van der Waals surface area contributed by atoms with Gasteiger partial charge in [0.15, 0.2) is 10.9 Å². The minimum atomic E-state index is -0.293. The summed E-state index contributed by atoms with van der Waals surface area (Å²) in [6.45, 7) is 0.248. The Morgan fingerprint density at radius 2 is 1.86 bits per heavy atom. The van der Waals surface area contributed by atoms with E-state index < -0.39 is 0 Å². The van der Waals surface area contributed by atoms with Crippen molar-refractivity contribution in [1.82, 2.24) is 4.98 Å². The van der Waals surface area contributed by atoms with Crippen LogP contribution in [0.3, 0.4) is 0 Å². The lowest BCUT2D eigenvalue weighted by molar-refractivity contribution is 0.0995. The van der Waals surface area contributed by atoms with Gasteiger partial charge in [-0.2, -0.15) is 0 Å². The van der Waals surface area contributed by atoms with Crippen molar-refractivity contribution in [2.45, 2.75) is 32.3 Å². The average Bonchev–Trinajstić information content (AvgIpc) is 3.33. The third-order valence-corrected chi connectivity index (χ3v) is 6.17. The summed E-state index contributed by atoms with van der Waals surface area (Å²) in [4.78, 5) is 18.9. The number of carbonyl (C=O) groups is 1. The molecule has 2 aromatic carbocycles. The van der Waals surface area contributed by atoms with E-state index in [2.05, 4.69) is 10.3 Å². The molecule has 0 bridgehead atoms. The largest absolute Gasteiger partial charge is 0.489 e. The number of ether oxygens (including phenoxy) is 1. The molecule has 0 radical (unpaired) electrons. The number of aryl methyl sites for hydroxylation is 2. The minimum Gasteiger partial charge on any atom is -0.489 e. The number of benzene rings is 2. The lowest BCUT2D eigenvalue weighted by atomic mass is 10.0. The van der Waals surface area contributed by atoms with Gasteiger partial charge in [-0.3, -0.25) is 10.1 Å². The van der Waals surface area contributed by atoms with E-state index in [4.69, 9.17) is 9.15 Å². The van der Waals surface area contributed by atoms with Crippen molar-refractivity contribution >= 4 is 33.3 Å². The number of hydrogen-bond acceptors (Lipinski definition) is 5. The van der Waals surface area contributed by atoms with Crippen LogP contribution in [0, 0.1) is 0 Å². The van der Waals surface area contributed by atoms with Gasteiger partial charge >= 0.3 is 0 Å². The van der Waals surface area contributed by atoms with Crippen LogP contribution in [0.25, 0.3) is 11.0 Å². The fourth-order valence-corrected chi connectivity index (χ4v) is 4.70. The molecule has 0 aliphatic heterocycles. The Morgan fingerprint density at radius 3 is 2.72 bits per heavy atom. The first kappa shape index (κ1) is 17.9. The van der Waals surface area contributed by atoms with Crippen LogP contribution in [0.5, 0.6) is 5.75 Å². The Balaban J connectivity index is 1.43. The molecule has 0 saturated carbocycles. The number of anilines is 1. The smallest absolute Gasteiger partial charge is 0.293 e. The molecule has 6 heteroatoms. The van der Waals surface area contributed by atoms with Gasteiger partial charge in [0.1, 0.15) is 17.9 Å². The quantitative estimate of drug-likeness (QED) is 0.470. The summed E-state index contributed by atoms with van der Waals surface area (Å²) in [6, 6.07) is 17.2. The Morgan fingerprint density at radius 1 is 1.07 bits per heavy atom. The topological polar surface area (TPSA) is 64.4 Å². The summed E-state index contributed by atoms with van der Waals surface area (Å²) in [5.74, 6) is 0.728. The van der Waals surface area contributed by atoms with E-state index in [0.717, 1.165) is 41.7 Å². The molecule has 1 aliphatic carbocycles. The summed E-state index contributed by atoms with van der Waals surface area (Å²) in [7, 11) is 0. The maximum absolute atomic E-state index is 13.0. The molecule has 29 heavy (non-hydrogen) atoms. The molecule has 2 heterocycles. The summed E-state index contributed by atoms with van der Waals surface area (Å²) in [6.07, 6.45) is 4.38. The maximum Gasteiger partial charge on any atom is 0.293 e. The molecule has 0 fully saturated rings. The fourth-order valence-electron chi connectivity index (χ4n) is 3.66. The average molecular weight is 404 g/mol. The maximum atomic E-state index is 13.0. The van der Waals surface area contributed by atoms with Gasteiger partial charge in [-0.05, 0) is 43.9 Å². The molecule has 0 unspecified atom stereocenters. The van der Waals surface area contributed by atoms with E-state index in [1.165, 1.54) is 11.3 Å². The molecular formula is C23H20N2O3S. The SMILES string of the molecule is O=C(Nc1nc2c(s1)CCCC2)c1oc2ccccc2c1COc1ccccc1. The van der Waals surface area contributed by atoms with Crippen LogP contribution in [0.4, 0.5) is 5.13 Å². The number of carbonyl (C=O) groups excluding carboxylic acids is 1. The first-order valence-corrected chi connectivity index (χ1v) is 10.6. The van der Waals surface area contributed by atoms with Gasteiger partial charge in [-0.1, -0.05) is 36.4 Å². The van der Waals surface area contributed by atoms with Gasteiger partial charge in [0.25, 0.3) is 5.91 Å². The number of nitrogens with zero attached hydrogens (tertiary/aromatic N) is 1. The van der Waals surface area contributed by atoms with Crippen LogP contribution >= 0.6 is 11.3 Å². The van der Waals surface area contributed by atoms with E-state index >= 15 is 0 Å². The highest BCUT2D eigenvalue weighted by atomic mass is 32.1. The number of thiazole rings is 1. The van der Waals surface area contributed by atoms with Crippen molar-refractivity contribution in [3.63, 3.8) is 0 Å². The van der Waals surface area contributed by atoms with Crippen molar-refractivity contribution in [1.29, 1.82) is 0 Å². The first-order valence-electron chi connectivity index (χ1n) is 9.76. The lowest BCUT2D eigenvalue weighted by Gasteiger charge is -2.07. The number of fused-ring (bicyclic) bond motifs is 2. The van der Waals surface area contributed by atoms with Crippen molar-refractivity contribution < 1.29 is 13.9 Å². The Hall–Kier alpha value is -3.12. The molecule has 0 spiro atoms. The molecule has 0 atom stereocenters. The van der Waals surface area contributed by atoms with Crippen molar-refractivity contribution in [2.24, 2.45) is 0 Å². The van der Waals surface area contributed by atoms with E-state index in [0.29, 0.717) is 10.7 Å². The number of furan rings is 1. The second kappa shape index (κ2) is 7.72. The highest BCUT2D eigenvalue weighted by molar-refractivity contribution is 7.15. The van der Waals surface area contributed by atoms with Crippen molar-refractivity contribution in [3.05, 3.63) is 76.5 Å². The van der Waals surface area contributed by atoms with Crippen LogP contribution in [0.2, 0.25) is 0 Å². The minimum absolute atomic E-state index is 0.248. The third-order valence-electron chi connectivity index (χ3n) is 5.10. The lowest BCUT2D eigenvalue weighted by Crippen LogP contribution is -2.13. The summed E-state index contributed by atoms with van der Waals surface area (Å²) < 4.78 is 11.8. The predicted molar refractivity (Wildman–Crippen MR) is 114 cm³/mol. The molecular weight excluding hydrogens is 384 g/mol. The number of aromatic nitrogens is 1. The third kappa shape index (κ3) is 3.63. The normalized spacial score (nSPS) is 13.2. The van der Waals surface area contributed by atoms with Crippen LogP contribution in [-0.4, -0.2) is 10.9 Å². The van der Waals surface area contributed by atoms with E-state index in [1.54, 1.807) is 11.3 Å². The molecule has 5 nitrogen and oxygen atoms in total. The molecule has 0 saturated heterocycles. The highest BCUT2D eigenvalue weighted by Crippen LogP contribution is 2.31. The standard InChI is InChI=1S/C23H20N2O3S/c26-22(25-23-24-18-11-5-7-13-20(18)29-23)21-17(14-27-15-8-2-1-3-9-15)16-10-4-6-12-19(16)28-21/h1-4,6,8-10,12H,5,7,11,13-14H2,(H,24,25,26). The fraction of sp³-hybridized carbons (Fsp3) is 0.217. The van der Waals surface area contributed by atoms with Crippen molar-refractivity contribution in [2.75, 3.05) is 5.32 Å². The molecule has 1 aliphatic rings. The van der Waals surface area contributed by atoms with E-state index in [1.807, 2.05) is 54.6 Å². The van der Waals surface area contributed by atoms with Crippen LogP contribution < -0.4 is 10.1 Å². The molecule has 2 aromatic heterocycles. The summed E-state index contributed by atoms with van der Waals surface area (Å²) >= 11 is 1.57. The molecule has 1 N–H and O–H groups in total. The second-order valence-electron chi connectivity index (χ2n) is 7.06. The molecule has 146 valence electrons. The van der Waals surface area contributed by atoms with E-state index in [-0.39, 0.29) is 18.3 Å². The van der Waals surface area contributed by atoms with Gasteiger partial charge in [0, 0.05) is 15.8 Å². The zero-order valence-corrected chi connectivity index (χ0v) is 16.6. The number of para-hydroxylation sites is 2. The number of amides is 1. The molecule has 5 rings (SSSR count). The Kier molecular flexibility index (Phi) is 4.77. The van der Waals surface area contributed by atoms with Crippen LogP contribution in [-0.2, 0) is 19.4 Å². The number of hydrogen-bond donors (Lipinski definition) is 1. The van der Waals surface area contributed by atoms with Crippen LogP contribution in [0.1, 0.15) is 39.5 Å². The van der Waals surface area contributed by atoms with Gasteiger partial charge in [0.2, 0.25) is 0 Å². The zero-order chi connectivity index (χ0) is 19.6. The van der Waals surface area contributed by atoms with Gasteiger partial charge in [-0.15, -0.1) is 11.3 Å². The molecule has 1 amide bonds. The summed E-state index contributed by atoms with van der Waals surface area (Å²) in [5.41, 5.74) is 2.53. The Labute approximate surface area is 172 Å². The number of nitrogens with one attached hydrogen (secondary N) is 1. The van der Waals surface area contributed by atoms with Gasteiger partial charge in [0.05, 0.1) is 5.69 Å². The number of rotatable bonds is 5. The van der Waals surface area contributed by atoms with Crippen LogP contribution in [0.15, 0.2) is 59.0 Å². The van der Waals surface area contributed by atoms with Crippen molar-refractivity contribution in [3.8, 4) is 5.75 Å². The summed E-state index contributed by atoms with van der Waals surface area (Å²) in [5, 5.41) is 4.45. The second-order valence-corrected chi connectivity index (χ2v) is 8.14. The van der Waals surface area contributed by atoms with Gasteiger partial charge in [-0.25, -0.2) is 4.98 Å². The molecule has 4 aromatic rings. The zero-order valence-electron chi connectivity index (χ0n) is 15.8.